The van der Waals surface area contributed by atoms with Crippen LogP contribution < -0.4 is 0 Å². The average Bonchev–Trinajstić information content (AvgIpc) is 1.50. The van der Waals surface area contributed by atoms with Gasteiger partial charge in [0.1, 0.15) is 0 Å². The zero-order chi connectivity index (χ0) is 4.00. The van der Waals surface area contributed by atoms with E-state index in [1.807, 2.05) is 0 Å². The molecule has 0 amide bonds. The third kappa shape index (κ3) is 24.4. The summed E-state index contributed by atoms with van der Waals surface area (Å²) in [5.41, 5.74) is 0. The summed E-state index contributed by atoms with van der Waals surface area (Å²) in [6.07, 6.45) is 0. The molecule has 0 aromatic rings. The molecule has 0 N–H and O–H groups in total. The fraction of sp³-hybridized carbons (Fsp3) is 0. The predicted molar refractivity (Wildman–Crippen MR) is 15.2 cm³/mol. The van der Waals surface area contributed by atoms with Crippen LogP contribution in [0.25, 0.3) is 0 Å². The van der Waals surface area contributed by atoms with E-state index >= 15 is 0 Å². The van der Waals surface area contributed by atoms with Crippen molar-refractivity contribution in [1.82, 2.24) is 0 Å². The minimum atomic E-state index is 0. The molecule has 0 bridgehead atoms. The molecule has 0 spiro atoms. The quantitative estimate of drug-likeness (QED) is 0.586. The summed E-state index contributed by atoms with van der Waals surface area (Å²) in [5.74, 6) is 0. The van der Waals surface area contributed by atoms with Crippen molar-refractivity contribution in [3.05, 3.63) is 0 Å². The van der Waals surface area contributed by atoms with Gasteiger partial charge in [-0.05, 0) is 0 Å². The van der Waals surface area contributed by atoms with Gasteiger partial charge in [-0.1, -0.05) is 0 Å². The Morgan fingerprint density at radius 1 is 0.800 bits per heavy atom. The summed E-state index contributed by atoms with van der Waals surface area (Å²) < 4.78 is 0. The molecular weight excluding hydrogens is 241 g/mol. The molecule has 0 radical (unpaired) electrons. The van der Waals surface area contributed by atoms with E-state index in [0.29, 0.717) is 0 Å². The van der Waals surface area contributed by atoms with E-state index in [1.165, 1.54) is 0 Å². The zero-order valence-electron chi connectivity index (χ0n) is 1.80. The molecule has 0 saturated carbocycles. The van der Waals surface area contributed by atoms with Crippen LogP contribution in [0.5, 0.6) is 0 Å². The Morgan fingerprint density at radius 3 is 0.800 bits per heavy atom. The van der Waals surface area contributed by atoms with Crippen LogP contribution >= 0.6 is 21.2 Å². The Balaban J connectivity index is -0.0000000133. The fourth-order valence-electron chi connectivity index (χ4n) is 0. The van der Waals surface area contributed by atoms with Crippen LogP contribution in [0.4, 0.5) is 0 Å². The van der Waals surface area contributed by atoms with Crippen LogP contribution in [0.2, 0.25) is 0 Å². The van der Waals surface area contributed by atoms with E-state index in [9.17, 15) is 0 Å². The van der Waals surface area contributed by atoms with Crippen molar-refractivity contribution in [1.29, 1.82) is 0 Å². The van der Waals surface area contributed by atoms with Gasteiger partial charge >= 0.3 is 49.5 Å². The minimum absolute atomic E-state index is 0. The van der Waals surface area contributed by atoms with Crippen LogP contribution in [0.15, 0.2) is 0 Å². The van der Waals surface area contributed by atoms with Crippen molar-refractivity contribution in [2.24, 2.45) is 0 Å². The predicted octanol–water partition coefficient (Wildman–Crippen LogP) is 1.29. The first kappa shape index (κ1) is 15.8. The first-order chi connectivity index (χ1) is 2.00. The van der Waals surface area contributed by atoms with Gasteiger partial charge in [-0.25, -0.2) is 0 Å². The fourth-order valence-corrected chi connectivity index (χ4v) is 0. The second kappa shape index (κ2) is 38.4. The molecule has 5 heteroatoms. The van der Waals surface area contributed by atoms with Crippen molar-refractivity contribution in [3.8, 4) is 0 Å². The molecule has 0 unspecified atom stereocenters. The normalized spacial score (nSPS) is 2.00. The molecule has 0 atom stereocenters. The Kier molecular flexibility index (Phi) is 121. The number of rotatable bonds is 0. The molecule has 40 valence electrons. The molecule has 5 heavy (non-hydrogen) atoms. The second-order valence-electron chi connectivity index (χ2n) is 0. The van der Waals surface area contributed by atoms with Crippen LogP contribution in [-0.2, 0) is 44.7 Å². The van der Waals surface area contributed by atoms with Crippen molar-refractivity contribution in [2.45, 2.75) is 0 Å². The summed E-state index contributed by atoms with van der Waals surface area (Å²) in [7, 11) is 7.54. The monoisotopic (exact) mass is 240 g/mol. The maximum absolute atomic E-state index is 3.77. The standard InChI is InChI=1S/2Co.Ni.2S. The van der Waals surface area contributed by atoms with Gasteiger partial charge in [0.25, 0.3) is 0 Å². The van der Waals surface area contributed by atoms with E-state index in [-0.39, 0.29) is 16.5 Å². The van der Waals surface area contributed by atoms with Crippen LogP contribution in [0.3, 0.4) is 0 Å². The SMILES string of the molecule is [Ni].[S]=[Co].[S]=[Co]. The Hall–Kier alpha value is 1.95. The van der Waals surface area contributed by atoms with E-state index in [1.54, 1.807) is 0 Å². The summed E-state index contributed by atoms with van der Waals surface area (Å²) in [5, 5.41) is 0. The third-order valence-electron chi connectivity index (χ3n) is 0. The molecule has 0 fully saturated rings. The first-order valence-corrected chi connectivity index (χ1v) is 3.37. The summed E-state index contributed by atoms with van der Waals surface area (Å²) in [4.78, 5) is 0. The van der Waals surface area contributed by atoms with Crippen LogP contribution in [0, 0.1) is 0 Å². The molecule has 0 saturated heterocycles. The van der Waals surface area contributed by atoms with E-state index in [2.05, 4.69) is 49.5 Å². The molecule has 0 aliphatic heterocycles. The van der Waals surface area contributed by atoms with E-state index in [0.717, 1.165) is 0 Å². The van der Waals surface area contributed by atoms with Crippen molar-refractivity contribution in [2.75, 3.05) is 0 Å². The molecule has 0 aliphatic rings. The van der Waals surface area contributed by atoms with E-state index in [4.69, 9.17) is 0 Å². The van der Waals surface area contributed by atoms with Gasteiger partial charge in [-0.15, -0.1) is 0 Å². The van der Waals surface area contributed by atoms with Gasteiger partial charge in [-0.3, -0.25) is 0 Å². The van der Waals surface area contributed by atoms with Gasteiger partial charge in [0.05, 0.1) is 0 Å². The molecule has 0 aromatic carbocycles. The topological polar surface area (TPSA) is 0 Å². The van der Waals surface area contributed by atoms with Crippen molar-refractivity contribution >= 4 is 21.2 Å². The van der Waals surface area contributed by atoms with Gasteiger partial charge in [0.15, 0.2) is 0 Å². The summed E-state index contributed by atoms with van der Waals surface area (Å²) in [6, 6.07) is 0. The molecule has 0 rings (SSSR count). The van der Waals surface area contributed by atoms with Gasteiger partial charge in [0.2, 0.25) is 0 Å². The summed E-state index contributed by atoms with van der Waals surface area (Å²) >= 11 is 6.29. The Bertz CT molecular complexity index is 9.61. The van der Waals surface area contributed by atoms with Crippen molar-refractivity contribution < 1.29 is 44.7 Å². The third-order valence-corrected chi connectivity index (χ3v) is 0. The van der Waals surface area contributed by atoms with E-state index < -0.39 is 0 Å². The molecular formula is Co2NiS2. The van der Waals surface area contributed by atoms with Crippen LogP contribution in [-0.4, -0.2) is 0 Å². The average molecular weight is 241 g/mol. The number of hydrogen-bond acceptors (Lipinski definition) is 2. The Labute approximate surface area is 65.3 Å². The van der Waals surface area contributed by atoms with Gasteiger partial charge < -0.3 is 0 Å². The van der Waals surface area contributed by atoms with Crippen molar-refractivity contribution in [3.63, 3.8) is 0 Å². The van der Waals surface area contributed by atoms with Gasteiger partial charge in [0, 0.05) is 16.5 Å². The first-order valence-electron chi connectivity index (χ1n) is 0.272. The summed E-state index contributed by atoms with van der Waals surface area (Å²) in [6.45, 7) is 0. The number of hydrogen-bond donors (Lipinski definition) is 0. The molecule has 0 aliphatic carbocycles. The Morgan fingerprint density at radius 2 is 0.800 bits per heavy atom. The molecule has 0 heterocycles. The molecule has 0 aromatic heterocycles. The zero-order valence-corrected chi connectivity index (χ0v) is 6.50. The molecule has 0 nitrogen and oxygen atoms in total. The second-order valence-corrected chi connectivity index (χ2v) is 0. The van der Waals surface area contributed by atoms with Gasteiger partial charge in [-0.2, -0.15) is 0 Å². The van der Waals surface area contributed by atoms with Crippen LogP contribution in [0.1, 0.15) is 0 Å². The maximum atomic E-state index is 3.77.